The fourth-order valence-electron chi connectivity index (χ4n) is 1.41. The van der Waals surface area contributed by atoms with Gasteiger partial charge in [-0.2, -0.15) is 0 Å². The Kier molecular flexibility index (Phi) is 8.13. The largest absolute Gasteiger partial charge is 0.479 e. The van der Waals surface area contributed by atoms with Gasteiger partial charge in [-0.3, -0.25) is 0 Å². The highest BCUT2D eigenvalue weighted by molar-refractivity contribution is 5.74. The van der Waals surface area contributed by atoms with Crippen LogP contribution in [-0.4, -0.2) is 52.9 Å². The van der Waals surface area contributed by atoms with Crippen LogP contribution >= 0.6 is 0 Å². The second-order valence-electron chi connectivity index (χ2n) is 3.86. The number of aliphatic hydroxyl groups is 1. The normalized spacial score (nSPS) is 11.9. The van der Waals surface area contributed by atoms with Gasteiger partial charge in [-0.05, 0) is 12.8 Å². The molecule has 0 radical (unpaired) electrons. The SMILES string of the molecule is CCCN(CCC)C(=O)NCC[C@H](O)C(=O)O. The van der Waals surface area contributed by atoms with Gasteiger partial charge in [-0.25, -0.2) is 9.59 Å². The van der Waals surface area contributed by atoms with E-state index in [4.69, 9.17) is 10.2 Å². The zero-order valence-corrected chi connectivity index (χ0v) is 10.5. The summed E-state index contributed by atoms with van der Waals surface area (Å²) in [6.45, 7) is 5.51. The quantitative estimate of drug-likeness (QED) is 0.586. The number of urea groups is 1. The molecule has 0 aliphatic heterocycles. The average molecular weight is 246 g/mol. The molecule has 0 saturated carbocycles. The minimum absolute atomic E-state index is 0.0210. The second-order valence-corrected chi connectivity index (χ2v) is 3.86. The summed E-state index contributed by atoms with van der Waals surface area (Å²) in [6, 6.07) is -0.203. The van der Waals surface area contributed by atoms with Gasteiger partial charge >= 0.3 is 12.0 Å². The van der Waals surface area contributed by atoms with Crippen molar-refractivity contribution in [1.29, 1.82) is 0 Å². The lowest BCUT2D eigenvalue weighted by Crippen LogP contribution is -2.42. The van der Waals surface area contributed by atoms with Crippen molar-refractivity contribution in [3.63, 3.8) is 0 Å². The van der Waals surface area contributed by atoms with E-state index in [1.54, 1.807) is 4.90 Å². The number of carbonyl (C=O) groups is 2. The van der Waals surface area contributed by atoms with Crippen molar-refractivity contribution in [2.24, 2.45) is 0 Å². The van der Waals surface area contributed by atoms with Crippen molar-refractivity contribution in [2.75, 3.05) is 19.6 Å². The highest BCUT2D eigenvalue weighted by atomic mass is 16.4. The molecular weight excluding hydrogens is 224 g/mol. The summed E-state index contributed by atoms with van der Waals surface area (Å²) in [7, 11) is 0. The summed E-state index contributed by atoms with van der Waals surface area (Å²) >= 11 is 0. The van der Waals surface area contributed by atoms with Crippen LogP contribution in [0, 0.1) is 0 Å². The minimum Gasteiger partial charge on any atom is -0.479 e. The van der Waals surface area contributed by atoms with Gasteiger partial charge in [0.05, 0.1) is 0 Å². The fraction of sp³-hybridized carbons (Fsp3) is 0.818. The Balaban J connectivity index is 3.92. The molecule has 0 heterocycles. The summed E-state index contributed by atoms with van der Waals surface area (Å²) < 4.78 is 0. The first kappa shape index (κ1) is 15.7. The first-order chi connectivity index (χ1) is 8.02. The Morgan fingerprint density at radius 3 is 2.18 bits per heavy atom. The van der Waals surface area contributed by atoms with E-state index < -0.39 is 12.1 Å². The van der Waals surface area contributed by atoms with Gasteiger partial charge in [0, 0.05) is 26.1 Å². The molecule has 6 nitrogen and oxygen atoms in total. The molecule has 0 saturated heterocycles. The molecule has 0 spiro atoms. The summed E-state index contributed by atoms with van der Waals surface area (Å²) in [5.41, 5.74) is 0. The molecule has 0 aliphatic carbocycles. The highest BCUT2D eigenvalue weighted by Crippen LogP contribution is 1.96. The van der Waals surface area contributed by atoms with Crippen LogP contribution in [0.2, 0.25) is 0 Å². The lowest BCUT2D eigenvalue weighted by Gasteiger charge is -2.22. The fourth-order valence-corrected chi connectivity index (χ4v) is 1.41. The molecule has 0 aromatic heterocycles. The number of nitrogens with one attached hydrogen (secondary N) is 1. The maximum absolute atomic E-state index is 11.7. The van der Waals surface area contributed by atoms with Gasteiger partial charge in [0.15, 0.2) is 6.10 Å². The van der Waals surface area contributed by atoms with E-state index in [2.05, 4.69) is 5.32 Å². The number of rotatable bonds is 8. The van der Waals surface area contributed by atoms with E-state index in [9.17, 15) is 9.59 Å². The number of carboxylic acid groups (broad SMARTS) is 1. The Hall–Kier alpha value is -1.30. The van der Waals surface area contributed by atoms with Crippen molar-refractivity contribution in [1.82, 2.24) is 10.2 Å². The molecule has 0 fully saturated rings. The number of hydrogen-bond donors (Lipinski definition) is 3. The van der Waals surface area contributed by atoms with Crippen LogP contribution in [0.1, 0.15) is 33.1 Å². The van der Waals surface area contributed by atoms with Crippen LogP contribution in [-0.2, 0) is 4.79 Å². The molecule has 0 unspecified atom stereocenters. The van der Waals surface area contributed by atoms with Crippen molar-refractivity contribution < 1.29 is 19.8 Å². The first-order valence-electron chi connectivity index (χ1n) is 5.96. The third kappa shape index (κ3) is 6.78. The maximum Gasteiger partial charge on any atom is 0.332 e. The molecule has 0 aliphatic rings. The number of hydrogen-bond acceptors (Lipinski definition) is 3. The van der Waals surface area contributed by atoms with E-state index in [0.717, 1.165) is 12.8 Å². The number of carboxylic acids is 1. The van der Waals surface area contributed by atoms with E-state index in [1.165, 1.54) is 0 Å². The average Bonchev–Trinajstić information content (AvgIpc) is 2.28. The van der Waals surface area contributed by atoms with Gasteiger partial charge in [-0.15, -0.1) is 0 Å². The van der Waals surface area contributed by atoms with Crippen LogP contribution in [0.3, 0.4) is 0 Å². The van der Waals surface area contributed by atoms with Crippen LogP contribution in [0.25, 0.3) is 0 Å². The molecule has 2 amide bonds. The van der Waals surface area contributed by atoms with E-state index in [-0.39, 0.29) is 19.0 Å². The minimum atomic E-state index is -1.42. The number of carbonyl (C=O) groups excluding carboxylic acids is 1. The number of nitrogens with zero attached hydrogens (tertiary/aromatic N) is 1. The predicted octanol–water partition coefficient (Wildman–Crippen LogP) is 0.654. The Labute approximate surface area is 102 Å². The summed E-state index contributed by atoms with van der Waals surface area (Å²) in [5, 5.41) is 20.1. The molecule has 0 rings (SSSR count). The van der Waals surface area contributed by atoms with Crippen molar-refractivity contribution in [3.8, 4) is 0 Å². The maximum atomic E-state index is 11.7. The van der Waals surface area contributed by atoms with Crippen molar-refractivity contribution >= 4 is 12.0 Å². The Bertz CT molecular complexity index is 240. The standard InChI is InChI=1S/C11H22N2O4/c1-3-7-13(8-4-2)11(17)12-6-5-9(14)10(15)16/h9,14H,3-8H2,1-2H3,(H,12,17)(H,15,16)/t9-/m0/s1. The van der Waals surface area contributed by atoms with Gasteiger partial charge in [0.1, 0.15) is 0 Å². The van der Waals surface area contributed by atoms with E-state index in [0.29, 0.717) is 13.1 Å². The Morgan fingerprint density at radius 1 is 1.24 bits per heavy atom. The zero-order chi connectivity index (χ0) is 13.3. The van der Waals surface area contributed by atoms with Crippen molar-refractivity contribution in [2.45, 2.75) is 39.2 Å². The first-order valence-corrected chi connectivity index (χ1v) is 5.96. The smallest absolute Gasteiger partial charge is 0.332 e. The van der Waals surface area contributed by atoms with Crippen LogP contribution in [0.4, 0.5) is 4.79 Å². The second kappa shape index (κ2) is 8.81. The van der Waals surface area contributed by atoms with Gasteiger partial charge < -0.3 is 20.4 Å². The number of aliphatic hydroxyl groups excluding tert-OH is 1. The van der Waals surface area contributed by atoms with E-state index in [1.807, 2.05) is 13.8 Å². The zero-order valence-electron chi connectivity index (χ0n) is 10.5. The molecule has 0 aromatic rings. The summed E-state index contributed by atoms with van der Waals surface area (Å²) in [5.74, 6) is -1.27. The van der Waals surface area contributed by atoms with Crippen LogP contribution < -0.4 is 5.32 Å². The molecular formula is C11H22N2O4. The molecule has 3 N–H and O–H groups in total. The molecule has 0 bridgehead atoms. The van der Waals surface area contributed by atoms with E-state index >= 15 is 0 Å². The lowest BCUT2D eigenvalue weighted by atomic mass is 10.2. The summed E-state index contributed by atoms with van der Waals surface area (Å²) in [4.78, 5) is 23.7. The highest BCUT2D eigenvalue weighted by Gasteiger charge is 2.15. The molecule has 6 heteroatoms. The third-order valence-corrected chi connectivity index (χ3v) is 2.25. The molecule has 17 heavy (non-hydrogen) atoms. The molecule has 1 atom stereocenters. The number of aliphatic carboxylic acids is 1. The van der Waals surface area contributed by atoms with Crippen LogP contribution in [0.5, 0.6) is 0 Å². The lowest BCUT2D eigenvalue weighted by molar-refractivity contribution is -0.146. The Morgan fingerprint density at radius 2 is 1.76 bits per heavy atom. The monoisotopic (exact) mass is 246 g/mol. The summed E-state index contributed by atoms with van der Waals surface area (Å²) in [6.07, 6.45) is 0.366. The molecule has 0 aromatic carbocycles. The third-order valence-electron chi connectivity index (χ3n) is 2.25. The van der Waals surface area contributed by atoms with Gasteiger partial charge in [-0.1, -0.05) is 13.8 Å². The van der Waals surface area contributed by atoms with Gasteiger partial charge in [0.2, 0.25) is 0 Å². The van der Waals surface area contributed by atoms with Crippen LogP contribution in [0.15, 0.2) is 0 Å². The topological polar surface area (TPSA) is 89.9 Å². The number of amides is 2. The molecule has 100 valence electrons. The predicted molar refractivity (Wildman–Crippen MR) is 63.8 cm³/mol. The van der Waals surface area contributed by atoms with Gasteiger partial charge in [0.25, 0.3) is 0 Å². The van der Waals surface area contributed by atoms with Crippen molar-refractivity contribution in [3.05, 3.63) is 0 Å².